The molecule has 3 rings (SSSR count). The lowest BCUT2D eigenvalue weighted by Crippen LogP contribution is -2.30. The number of benzene rings is 3. The van der Waals surface area contributed by atoms with Crippen LogP contribution in [0, 0.1) is 0 Å². The van der Waals surface area contributed by atoms with E-state index in [1.165, 1.54) is 16.3 Å². The molecule has 0 bridgehead atoms. The molecule has 0 aliphatic rings. The van der Waals surface area contributed by atoms with E-state index in [4.69, 9.17) is 0 Å². The van der Waals surface area contributed by atoms with Crippen LogP contribution in [0.15, 0.2) is 72.8 Å². The third-order valence-electron chi connectivity index (χ3n) is 4.05. The lowest BCUT2D eigenvalue weighted by molar-refractivity contribution is -0.120. The fourth-order valence-electron chi connectivity index (χ4n) is 2.64. The Bertz CT molecular complexity index is 811. The molecule has 24 heavy (non-hydrogen) atoms. The standard InChI is InChI=1S/C21H21NOS/c1-16(24-15-17-8-3-2-4-9-17)21(23)22-14-19-12-7-11-18-10-5-6-13-20(18)19/h2-13,16H,14-15H2,1H3,(H,22,23)/t16-/m1/s1. The normalized spacial score (nSPS) is 12.0. The minimum Gasteiger partial charge on any atom is -0.351 e. The number of thioether (sulfide) groups is 1. The van der Waals surface area contributed by atoms with Crippen molar-refractivity contribution in [2.45, 2.75) is 24.5 Å². The largest absolute Gasteiger partial charge is 0.351 e. The van der Waals surface area contributed by atoms with Gasteiger partial charge in [0.2, 0.25) is 5.91 Å². The van der Waals surface area contributed by atoms with Gasteiger partial charge in [-0.15, -0.1) is 11.8 Å². The average Bonchev–Trinajstić information content (AvgIpc) is 2.65. The van der Waals surface area contributed by atoms with Gasteiger partial charge in [0.25, 0.3) is 0 Å². The van der Waals surface area contributed by atoms with Gasteiger partial charge in [0, 0.05) is 12.3 Å². The molecule has 0 heterocycles. The van der Waals surface area contributed by atoms with Gasteiger partial charge >= 0.3 is 0 Å². The Morgan fingerprint density at radius 1 is 0.958 bits per heavy atom. The minimum absolute atomic E-state index is 0.0693. The van der Waals surface area contributed by atoms with E-state index in [9.17, 15) is 4.79 Å². The van der Waals surface area contributed by atoms with Crippen LogP contribution in [-0.2, 0) is 17.1 Å². The summed E-state index contributed by atoms with van der Waals surface area (Å²) in [5, 5.41) is 5.40. The SMILES string of the molecule is C[C@@H](SCc1ccccc1)C(=O)NCc1cccc2ccccc12. The summed E-state index contributed by atoms with van der Waals surface area (Å²) >= 11 is 1.66. The number of hydrogen-bond acceptors (Lipinski definition) is 2. The minimum atomic E-state index is -0.0693. The number of carbonyl (C=O) groups is 1. The number of nitrogens with one attached hydrogen (secondary N) is 1. The van der Waals surface area contributed by atoms with Crippen LogP contribution in [0.5, 0.6) is 0 Å². The van der Waals surface area contributed by atoms with Crippen molar-refractivity contribution < 1.29 is 4.79 Å². The molecule has 1 amide bonds. The van der Waals surface area contributed by atoms with Gasteiger partial charge in [0.05, 0.1) is 5.25 Å². The number of rotatable bonds is 6. The van der Waals surface area contributed by atoms with Gasteiger partial charge in [0.15, 0.2) is 0 Å². The highest BCUT2D eigenvalue weighted by molar-refractivity contribution is 7.99. The molecule has 1 N–H and O–H groups in total. The van der Waals surface area contributed by atoms with E-state index >= 15 is 0 Å². The maximum atomic E-state index is 12.3. The molecule has 1 atom stereocenters. The molecule has 0 saturated heterocycles. The molecule has 3 aromatic rings. The second-order valence-corrected chi connectivity index (χ2v) is 7.12. The molecular weight excluding hydrogens is 314 g/mol. The zero-order valence-corrected chi connectivity index (χ0v) is 14.6. The lowest BCUT2D eigenvalue weighted by Gasteiger charge is -2.13. The van der Waals surface area contributed by atoms with E-state index in [0.29, 0.717) is 6.54 Å². The predicted octanol–water partition coefficient (Wildman–Crippen LogP) is 4.78. The molecule has 3 aromatic carbocycles. The summed E-state index contributed by atoms with van der Waals surface area (Å²) in [6.45, 7) is 2.53. The summed E-state index contributed by atoms with van der Waals surface area (Å²) < 4.78 is 0. The summed E-state index contributed by atoms with van der Waals surface area (Å²) in [6.07, 6.45) is 0. The molecule has 0 aliphatic heterocycles. The zero-order valence-electron chi connectivity index (χ0n) is 13.7. The highest BCUT2D eigenvalue weighted by Gasteiger charge is 2.13. The van der Waals surface area contributed by atoms with Crippen molar-refractivity contribution in [2.24, 2.45) is 0 Å². The summed E-state index contributed by atoms with van der Waals surface area (Å²) in [5.41, 5.74) is 2.40. The number of carbonyl (C=O) groups excluding carboxylic acids is 1. The van der Waals surface area contributed by atoms with Gasteiger partial charge in [-0.1, -0.05) is 72.8 Å². The Kier molecular flexibility index (Phi) is 5.55. The number of amides is 1. The van der Waals surface area contributed by atoms with Crippen molar-refractivity contribution >= 4 is 28.4 Å². The molecule has 122 valence electrons. The van der Waals surface area contributed by atoms with Gasteiger partial charge in [-0.05, 0) is 28.8 Å². The lowest BCUT2D eigenvalue weighted by atomic mass is 10.0. The van der Waals surface area contributed by atoms with Crippen molar-refractivity contribution in [1.29, 1.82) is 0 Å². The van der Waals surface area contributed by atoms with Gasteiger partial charge in [-0.2, -0.15) is 0 Å². The van der Waals surface area contributed by atoms with E-state index in [2.05, 4.69) is 41.7 Å². The van der Waals surface area contributed by atoms with E-state index in [0.717, 1.165) is 11.3 Å². The van der Waals surface area contributed by atoms with Crippen LogP contribution in [-0.4, -0.2) is 11.2 Å². The van der Waals surface area contributed by atoms with Crippen molar-refractivity contribution in [3.63, 3.8) is 0 Å². The van der Waals surface area contributed by atoms with E-state index < -0.39 is 0 Å². The topological polar surface area (TPSA) is 29.1 Å². The van der Waals surface area contributed by atoms with Crippen molar-refractivity contribution in [3.05, 3.63) is 83.9 Å². The van der Waals surface area contributed by atoms with Crippen LogP contribution in [0.2, 0.25) is 0 Å². The summed E-state index contributed by atoms with van der Waals surface area (Å²) in [4.78, 5) is 12.3. The fourth-order valence-corrected chi connectivity index (χ4v) is 3.51. The van der Waals surface area contributed by atoms with Gasteiger partial charge in [-0.25, -0.2) is 0 Å². The quantitative estimate of drug-likeness (QED) is 0.702. The number of hydrogen-bond donors (Lipinski definition) is 1. The second kappa shape index (κ2) is 8.02. The van der Waals surface area contributed by atoms with Crippen molar-refractivity contribution in [1.82, 2.24) is 5.32 Å². The second-order valence-electron chi connectivity index (χ2n) is 5.79. The van der Waals surface area contributed by atoms with Crippen molar-refractivity contribution in [2.75, 3.05) is 0 Å². The Morgan fingerprint density at radius 2 is 1.67 bits per heavy atom. The van der Waals surface area contributed by atoms with Crippen LogP contribution >= 0.6 is 11.8 Å². The maximum absolute atomic E-state index is 12.3. The van der Waals surface area contributed by atoms with E-state index in [1.54, 1.807) is 11.8 Å². The summed E-state index contributed by atoms with van der Waals surface area (Å²) in [5.74, 6) is 0.938. The van der Waals surface area contributed by atoms with Crippen LogP contribution < -0.4 is 5.32 Å². The Hall–Kier alpha value is -2.26. The molecule has 0 fully saturated rings. The molecule has 0 saturated carbocycles. The van der Waals surface area contributed by atoms with E-state index in [1.807, 2.05) is 43.3 Å². The van der Waals surface area contributed by atoms with Gasteiger partial charge in [-0.3, -0.25) is 4.79 Å². The molecule has 0 aromatic heterocycles. The Morgan fingerprint density at radius 3 is 2.50 bits per heavy atom. The average molecular weight is 335 g/mol. The molecule has 0 aliphatic carbocycles. The third-order valence-corrected chi connectivity index (χ3v) is 5.26. The van der Waals surface area contributed by atoms with E-state index in [-0.39, 0.29) is 11.2 Å². The molecule has 3 heteroatoms. The van der Waals surface area contributed by atoms with Crippen LogP contribution in [0.1, 0.15) is 18.1 Å². The molecule has 0 radical (unpaired) electrons. The van der Waals surface area contributed by atoms with Crippen LogP contribution in [0.25, 0.3) is 10.8 Å². The van der Waals surface area contributed by atoms with Gasteiger partial charge in [0.1, 0.15) is 0 Å². The first-order chi connectivity index (χ1) is 11.7. The summed E-state index contributed by atoms with van der Waals surface area (Å²) in [7, 11) is 0. The fraction of sp³-hybridized carbons (Fsp3) is 0.190. The van der Waals surface area contributed by atoms with Crippen molar-refractivity contribution in [3.8, 4) is 0 Å². The Labute approximate surface area is 147 Å². The third kappa shape index (κ3) is 4.18. The molecule has 2 nitrogen and oxygen atoms in total. The first kappa shape index (κ1) is 16.6. The molecule has 0 unspecified atom stereocenters. The maximum Gasteiger partial charge on any atom is 0.233 e. The van der Waals surface area contributed by atoms with Crippen LogP contribution in [0.3, 0.4) is 0 Å². The zero-order chi connectivity index (χ0) is 16.8. The highest BCUT2D eigenvalue weighted by Crippen LogP contribution is 2.20. The predicted molar refractivity (Wildman–Crippen MR) is 103 cm³/mol. The summed E-state index contributed by atoms with van der Waals surface area (Å²) in [6, 6.07) is 24.7. The monoisotopic (exact) mass is 335 g/mol. The molecular formula is C21H21NOS. The molecule has 0 spiro atoms. The Balaban J connectivity index is 1.56. The first-order valence-corrected chi connectivity index (χ1v) is 9.19. The highest BCUT2D eigenvalue weighted by atomic mass is 32.2. The smallest absolute Gasteiger partial charge is 0.233 e. The van der Waals surface area contributed by atoms with Gasteiger partial charge < -0.3 is 5.32 Å². The first-order valence-electron chi connectivity index (χ1n) is 8.14. The number of fused-ring (bicyclic) bond motifs is 1. The van der Waals surface area contributed by atoms with Crippen LogP contribution in [0.4, 0.5) is 0 Å².